The minimum Gasteiger partial charge on any atom is -0.493 e. The van der Waals surface area contributed by atoms with Crippen molar-refractivity contribution >= 4 is 11.4 Å². The summed E-state index contributed by atoms with van der Waals surface area (Å²) in [5.74, 6) is 1.60. The summed E-state index contributed by atoms with van der Waals surface area (Å²) in [6.07, 6.45) is 9.31. The quantitative estimate of drug-likeness (QED) is 0.863. The molecule has 0 unspecified atom stereocenters. The van der Waals surface area contributed by atoms with Gasteiger partial charge < -0.3 is 10.1 Å². The molecule has 0 saturated heterocycles. The topological polar surface area (TPSA) is 38.3 Å². The molecule has 1 aromatic rings. The van der Waals surface area contributed by atoms with Gasteiger partial charge in [-0.05, 0) is 54.8 Å². The zero-order chi connectivity index (χ0) is 16.2. The summed E-state index contributed by atoms with van der Waals surface area (Å²) in [5.41, 5.74) is 4.59. The summed E-state index contributed by atoms with van der Waals surface area (Å²) in [5, 5.41) is 3.00. The summed E-state index contributed by atoms with van der Waals surface area (Å²) in [6, 6.07) is 6.14. The summed E-state index contributed by atoms with van der Waals surface area (Å²) in [7, 11) is 0. The fourth-order valence-electron chi connectivity index (χ4n) is 2.88. The average molecular weight is 309 g/mol. The first kappa shape index (κ1) is 15.6. The molecular formula is C20H23NO2. The van der Waals surface area contributed by atoms with Gasteiger partial charge in [-0.2, -0.15) is 0 Å². The van der Waals surface area contributed by atoms with Gasteiger partial charge in [0.25, 0.3) is 0 Å². The molecule has 3 nitrogen and oxygen atoms in total. The van der Waals surface area contributed by atoms with Crippen LogP contribution in [0.3, 0.4) is 0 Å². The van der Waals surface area contributed by atoms with E-state index in [-0.39, 0.29) is 0 Å². The van der Waals surface area contributed by atoms with Crippen LogP contribution in [0.5, 0.6) is 5.75 Å². The van der Waals surface area contributed by atoms with Crippen molar-refractivity contribution in [3.63, 3.8) is 0 Å². The van der Waals surface area contributed by atoms with Crippen LogP contribution < -0.4 is 10.1 Å². The van der Waals surface area contributed by atoms with Gasteiger partial charge in [0.15, 0.2) is 0 Å². The minimum absolute atomic E-state index is 0.312. The highest BCUT2D eigenvalue weighted by Crippen LogP contribution is 2.35. The first-order chi connectivity index (χ1) is 11.2. The third-order valence-electron chi connectivity index (χ3n) is 4.26. The Kier molecular flexibility index (Phi) is 4.65. The van der Waals surface area contributed by atoms with Crippen molar-refractivity contribution in [3.05, 3.63) is 60.0 Å². The minimum atomic E-state index is 0.312. The van der Waals surface area contributed by atoms with Crippen molar-refractivity contribution in [2.75, 3.05) is 6.61 Å². The number of ether oxygens (including phenoxy) is 1. The molecule has 0 atom stereocenters. The summed E-state index contributed by atoms with van der Waals surface area (Å²) in [4.78, 5) is 12.0. The Morgan fingerprint density at radius 1 is 1.43 bits per heavy atom. The second-order valence-electron chi connectivity index (χ2n) is 6.28. The number of allylic oxidation sites excluding steroid dienone is 2. The molecular weight excluding hydrogens is 286 g/mol. The Hall–Kier alpha value is -2.29. The van der Waals surface area contributed by atoms with E-state index in [9.17, 15) is 4.79 Å². The molecule has 3 heteroatoms. The van der Waals surface area contributed by atoms with Crippen molar-refractivity contribution in [2.24, 2.45) is 5.92 Å². The molecule has 2 aliphatic rings. The number of benzene rings is 1. The number of fused-ring (bicyclic) bond motifs is 1. The molecule has 1 heterocycles. The van der Waals surface area contributed by atoms with E-state index < -0.39 is 0 Å². The monoisotopic (exact) mass is 309 g/mol. The van der Waals surface area contributed by atoms with E-state index in [4.69, 9.17) is 4.74 Å². The lowest BCUT2D eigenvalue weighted by Gasteiger charge is -2.21. The number of carbonyl (C=O) groups is 1. The van der Waals surface area contributed by atoms with Gasteiger partial charge in [0.05, 0.1) is 6.61 Å². The molecule has 0 radical (unpaired) electrons. The van der Waals surface area contributed by atoms with Crippen molar-refractivity contribution in [2.45, 2.75) is 32.6 Å². The average Bonchev–Trinajstić information content (AvgIpc) is 3.38. The standard InChI is InChI=1S/C20H23NO2/c1-3-21-13-14(2)10-17-8-9-23-20-7-4-15(11-18(17)20)12-19(22)16-5-6-16/h3-4,7,10-11,13,16,21H,1,5-6,8-9,12H2,2H3/b14-13+,17-10+. The molecule has 1 aliphatic heterocycles. The van der Waals surface area contributed by atoms with Gasteiger partial charge in [0.2, 0.25) is 0 Å². The van der Waals surface area contributed by atoms with Crippen molar-refractivity contribution in [1.82, 2.24) is 5.32 Å². The number of hydrogen-bond donors (Lipinski definition) is 1. The Morgan fingerprint density at radius 2 is 2.26 bits per heavy atom. The predicted octanol–water partition coefficient (Wildman–Crippen LogP) is 4.01. The van der Waals surface area contributed by atoms with Gasteiger partial charge in [0, 0.05) is 30.5 Å². The van der Waals surface area contributed by atoms with E-state index in [0.717, 1.165) is 41.7 Å². The fourth-order valence-corrected chi connectivity index (χ4v) is 2.88. The van der Waals surface area contributed by atoms with E-state index in [0.29, 0.717) is 24.7 Å². The first-order valence-electron chi connectivity index (χ1n) is 8.20. The van der Waals surface area contributed by atoms with Crippen LogP contribution in [0.4, 0.5) is 0 Å². The smallest absolute Gasteiger partial charge is 0.140 e. The highest BCUT2D eigenvalue weighted by Gasteiger charge is 2.29. The molecule has 1 saturated carbocycles. The number of carbonyl (C=O) groups excluding carboxylic acids is 1. The van der Waals surface area contributed by atoms with Gasteiger partial charge in [-0.3, -0.25) is 4.79 Å². The summed E-state index contributed by atoms with van der Waals surface area (Å²) >= 11 is 0. The summed E-state index contributed by atoms with van der Waals surface area (Å²) < 4.78 is 5.76. The van der Waals surface area contributed by atoms with E-state index >= 15 is 0 Å². The van der Waals surface area contributed by atoms with Gasteiger partial charge in [0.1, 0.15) is 11.5 Å². The molecule has 3 rings (SSSR count). The van der Waals surface area contributed by atoms with E-state index in [2.05, 4.69) is 31.0 Å². The number of rotatable bonds is 6. The first-order valence-corrected chi connectivity index (χ1v) is 8.20. The second-order valence-corrected chi connectivity index (χ2v) is 6.28. The third-order valence-corrected chi connectivity index (χ3v) is 4.26. The van der Waals surface area contributed by atoms with Crippen molar-refractivity contribution < 1.29 is 9.53 Å². The Bertz CT molecular complexity index is 681. The summed E-state index contributed by atoms with van der Waals surface area (Å²) in [6.45, 7) is 6.40. The maximum Gasteiger partial charge on any atom is 0.140 e. The highest BCUT2D eigenvalue weighted by atomic mass is 16.5. The van der Waals surface area contributed by atoms with Gasteiger partial charge in [-0.25, -0.2) is 0 Å². The maximum absolute atomic E-state index is 12.0. The van der Waals surface area contributed by atoms with Crippen LogP contribution >= 0.6 is 0 Å². The number of hydrogen-bond acceptors (Lipinski definition) is 3. The maximum atomic E-state index is 12.0. The number of ketones is 1. The Labute approximate surface area is 137 Å². The molecule has 1 fully saturated rings. The van der Waals surface area contributed by atoms with E-state index in [1.807, 2.05) is 18.3 Å². The van der Waals surface area contributed by atoms with Crippen LogP contribution in [0.1, 0.15) is 37.3 Å². The lowest BCUT2D eigenvalue weighted by molar-refractivity contribution is -0.119. The molecule has 1 aromatic carbocycles. The molecule has 0 aromatic heterocycles. The lowest BCUT2D eigenvalue weighted by atomic mass is 9.94. The number of Topliss-reactive ketones (excluding diaryl/α,β-unsaturated/α-hetero) is 1. The van der Waals surface area contributed by atoms with Crippen molar-refractivity contribution in [1.29, 1.82) is 0 Å². The van der Waals surface area contributed by atoms with E-state index in [1.165, 1.54) is 5.57 Å². The largest absolute Gasteiger partial charge is 0.493 e. The Balaban J connectivity index is 1.85. The number of nitrogens with one attached hydrogen (secondary N) is 1. The predicted molar refractivity (Wildman–Crippen MR) is 93.1 cm³/mol. The van der Waals surface area contributed by atoms with Gasteiger partial charge in [-0.15, -0.1) is 0 Å². The highest BCUT2D eigenvalue weighted by molar-refractivity contribution is 5.85. The molecule has 23 heavy (non-hydrogen) atoms. The van der Waals surface area contributed by atoms with Crippen LogP contribution in [-0.2, 0) is 11.2 Å². The van der Waals surface area contributed by atoms with Crippen LogP contribution in [0.2, 0.25) is 0 Å². The van der Waals surface area contributed by atoms with E-state index in [1.54, 1.807) is 6.20 Å². The normalized spacial score (nSPS) is 19.0. The van der Waals surface area contributed by atoms with Crippen LogP contribution in [-0.4, -0.2) is 12.4 Å². The lowest BCUT2D eigenvalue weighted by Crippen LogP contribution is -2.10. The molecule has 0 amide bonds. The van der Waals surface area contributed by atoms with Gasteiger partial charge in [-0.1, -0.05) is 18.7 Å². The Morgan fingerprint density at radius 3 is 3.00 bits per heavy atom. The molecule has 0 bridgehead atoms. The molecule has 120 valence electrons. The van der Waals surface area contributed by atoms with Crippen LogP contribution in [0.25, 0.3) is 5.57 Å². The van der Waals surface area contributed by atoms with Crippen LogP contribution in [0, 0.1) is 5.92 Å². The fraction of sp³-hybridized carbons (Fsp3) is 0.350. The zero-order valence-electron chi connectivity index (χ0n) is 13.6. The molecule has 0 spiro atoms. The second kappa shape index (κ2) is 6.86. The zero-order valence-corrected chi connectivity index (χ0v) is 13.6. The third kappa shape index (κ3) is 3.92. The van der Waals surface area contributed by atoms with Crippen LogP contribution in [0.15, 0.2) is 48.8 Å². The van der Waals surface area contributed by atoms with Crippen molar-refractivity contribution in [3.8, 4) is 5.75 Å². The van der Waals surface area contributed by atoms with Gasteiger partial charge >= 0.3 is 0 Å². The molecule has 1 N–H and O–H groups in total. The molecule has 1 aliphatic carbocycles. The SMILES string of the molecule is C=CN/C=C(C)/C=C1\CCOc2ccc(CC(=O)C3CC3)cc21.